The summed E-state index contributed by atoms with van der Waals surface area (Å²) in [5.41, 5.74) is 7.18. The summed E-state index contributed by atoms with van der Waals surface area (Å²) in [6.07, 6.45) is 3.34. The van der Waals surface area contributed by atoms with Gasteiger partial charge in [-0.05, 0) is 19.1 Å². The molecule has 1 aromatic heterocycles. The van der Waals surface area contributed by atoms with E-state index in [1.807, 2.05) is 13.0 Å². The van der Waals surface area contributed by atoms with E-state index < -0.39 is 6.04 Å². The average Bonchev–Trinajstić information content (AvgIpc) is 2.85. The molecule has 0 spiro atoms. The highest BCUT2D eigenvalue weighted by atomic mass is 16.5. The largest absolute Gasteiger partial charge is 0.493 e. The van der Waals surface area contributed by atoms with Gasteiger partial charge in [0.25, 0.3) is 0 Å². The zero-order valence-electron chi connectivity index (χ0n) is 11.0. The molecule has 0 fully saturated rings. The molecule has 0 aliphatic carbocycles. The van der Waals surface area contributed by atoms with E-state index in [0.717, 1.165) is 0 Å². The highest BCUT2D eigenvalue weighted by Gasteiger charge is 2.21. The fourth-order valence-electron chi connectivity index (χ4n) is 1.87. The molecule has 2 N–H and O–H groups in total. The van der Waals surface area contributed by atoms with E-state index in [4.69, 9.17) is 10.5 Å². The summed E-state index contributed by atoms with van der Waals surface area (Å²) in [7, 11) is 1.79. The Morgan fingerprint density at radius 2 is 2.21 bits per heavy atom. The van der Waals surface area contributed by atoms with Crippen molar-refractivity contribution in [2.75, 3.05) is 6.61 Å². The van der Waals surface area contributed by atoms with Crippen molar-refractivity contribution in [3.63, 3.8) is 0 Å². The van der Waals surface area contributed by atoms with E-state index in [0.29, 0.717) is 23.5 Å². The van der Waals surface area contributed by atoms with Crippen LogP contribution in [-0.4, -0.2) is 22.2 Å². The zero-order valence-corrected chi connectivity index (χ0v) is 11.0. The number of hydrogen-bond donors (Lipinski definition) is 1. The molecule has 1 heterocycles. The number of para-hydroxylation sites is 1. The molecule has 1 atom stereocenters. The van der Waals surface area contributed by atoms with Gasteiger partial charge in [-0.15, -0.1) is 0 Å². The van der Waals surface area contributed by atoms with Gasteiger partial charge in [-0.3, -0.25) is 9.48 Å². The number of Topliss-reactive ketones (excluding diaryl/α,β-unsaturated/α-hetero) is 1. The van der Waals surface area contributed by atoms with Crippen LogP contribution in [0.4, 0.5) is 0 Å². The van der Waals surface area contributed by atoms with Crippen molar-refractivity contribution in [3.05, 3.63) is 47.8 Å². The Morgan fingerprint density at radius 3 is 2.84 bits per heavy atom. The average molecular weight is 259 g/mol. The number of nitrogens with zero attached hydrogens (tertiary/aromatic N) is 2. The van der Waals surface area contributed by atoms with Gasteiger partial charge in [0.1, 0.15) is 5.75 Å². The minimum absolute atomic E-state index is 0.169. The highest BCUT2D eigenvalue weighted by Crippen LogP contribution is 2.23. The number of carbonyl (C=O) groups excluding carboxylic acids is 1. The number of aryl methyl sites for hydroxylation is 1. The maximum Gasteiger partial charge on any atom is 0.187 e. The predicted octanol–water partition coefficient (Wildman–Crippen LogP) is 1.70. The molecule has 2 rings (SSSR count). The van der Waals surface area contributed by atoms with E-state index >= 15 is 0 Å². The van der Waals surface area contributed by atoms with Crippen LogP contribution in [0.2, 0.25) is 0 Å². The first-order chi connectivity index (χ1) is 9.13. The van der Waals surface area contributed by atoms with Crippen LogP contribution in [0, 0.1) is 0 Å². The molecule has 1 unspecified atom stereocenters. The van der Waals surface area contributed by atoms with Crippen molar-refractivity contribution in [1.29, 1.82) is 0 Å². The quantitative estimate of drug-likeness (QED) is 0.830. The van der Waals surface area contributed by atoms with E-state index in [9.17, 15) is 4.79 Å². The Bertz CT molecular complexity index is 578. The second kappa shape index (κ2) is 5.67. The van der Waals surface area contributed by atoms with Crippen molar-refractivity contribution < 1.29 is 9.53 Å². The highest BCUT2D eigenvalue weighted by molar-refractivity contribution is 6.02. The lowest BCUT2D eigenvalue weighted by atomic mass is 10.00. The number of ether oxygens (including phenoxy) is 1. The van der Waals surface area contributed by atoms with Crippen LogP contribution in [-0.2, 0) is 7.05 Å². The molecular weight excluding hydrogens is 242 g/mol. The monoisotopic (exact) mass is 259 g/mol. The molecule has 19 heavy (non-hydrogen) atoms. The number of hydrogen-bond acceptors (Lipinski definition) is 4. The molecule has 1 aromatic carbocycles. The molecule has 0 saturated carbocycles. The first-order valence-corrected chi connectivity index (χ1v) is 6.13. The topological polar surface area (TPSA) is 70.1 Å². The summed E-state index contributed by atoms with van der Waals surface area (Å²) >= 11 is 0. The summed E-state index contributed by atoms with van der Waals surface area (Å²) in [4.78, 5) is 12.4. The second-order valence-electron chi connectivity index (χ2n) is 4.22. The molecule has 5 nitrogen and oxygen atoms in total. The Morgan fingerprint density at radius 1 is 1.47 bits per heavy atom. The molecule has 5 heteroatoms. The molecule has 0 saturated heterocycles. The molecule has 0 aliphatic rings. The fraction of sp³-hybridized carbons (Fsp3) is 0.286. The first kappa shape index (κ1) is 13.3. The Balaban J connectivity index is 2.28. The van der Waals surface area contributed by atoms with Gasteiger partial charge in [0.15, 0.2) is 5.78 Å². The summed E-state index contributed by atoms with van der Waals surface area (Å²) in [6, 6.07) is 6.40. The summed E-state index contributed by atoms with van der Waals surface area (Å²) in [5, 5.41) is 4.03. The molecule has 0 amide bonds. The lowest BCUT2D eigenvalue weighted by Gasteiger charge is -2.12. The van der Waals surface area contributed by atoms with Crippen LogP contribution < -0.4 is 10.5 Å². The van der Waals surface area contributed by atoms with Crippen LogP contribution in [0.15, 0.2) is 36.7 Å². The van der Waals surface area contributed by atoms with Gasteiger partial charge in [0, 0.05) is 18.8 Å². The molecule has 0 radical (unpaired) electrons. The van der Waals surface area contributed by atoms with Crippen LogP contribution >= 0.6 is 0 Å². The van der Waals surface area contributed by atoms with Gasteiger partial charge in [-0.1, -0.05) is 12.1 Å². The van der Waals surface area contributed by atoms with Crippen molar-refractivity contribution >= 4 is 5.78 Å². The number of ketones is 1. The van der Waals surface area contributed by atoms with Crippen LogP contribution in [0.1, 0.15) is 28.9 Å². The standard InChI is InChI=1S/C14H17N3O2/c1-3-19-12-7-5-4-6-11(12)14(18)13(15)10-8-16-17(2)9-10/h4-9,13H,3,15H2,1-2H3. The van der Waals surface area contributed by atoms with E-state index in [1.165, 1.54) is 0 Å². The predicted molar refractivity (Wildman–Crippen MR) is 72.1 cm³/mol. The molecule has 2 aromatic rings. The van der Waals surface area contributed by atoms with Crippen molar-refractivity contribution in [1.82, 2.24) is 9.78 Å². The van der Waals surface area contributed by atoms with E-state index in [-0.39, 0.29) is 5.78 Å². The molecular formula is C14H17N3O2. The number of nitrogens with two attached hydrogens (primary N) is 1. The van der Waals surface area contributed by atoms with Crippen LogP contribution in [0.3, 0.4) is 0 Å². The first-order valence-electron chi connectivity index (χ1n) is 6.13. The normalized spacial score (nSPS) is 12.2. The molecule has 0 aliphatic heterocycles. The van der Waals surface area contributed by atoms with Crippen molar-refractivity contribution in [3.8, 4) is 5.75 Å². The van der Waals surface area contributed by atoms with Crippen molar-refractivity contribution in [2.24, 2.45) is 12.8 Å². The van der Waals surface area contributed by atoms with E-state index in [1.54, 1.807) is 42.3 Å². The van der Waals surface area contributed by atoms with Gasteiger partial charge in [-0.25, -0.2) is 0 Å². The third-order valence-electron chi connectivity index (χ3n) is 2.82. The maximum absolute atomic E-state index is 12.4. The minimum Gasteiger partial charge on any atom is -0.493 e. The van der Waals surface area contributed by atoms with Gasteiger partial charge in [0.2, 0.25) is 0 Å². The van der Waals surface area contributed by atoms with Crippen molar-refractivity contribution in [2.45, 2.75) is 13.0 Å². The lowest BCUT2D eigenvalue weighted by Crippen LogP contribution is -2.21. The smallest absolute Gasteiger partial charge is 0.187 e. The Hall–Kier alpha value is -2.14. The van der Waals surface area contributed by atoms with Gasteiger partial charge in [-0.2, -0.15) is 5.10 Å². The number of benzene rings is 1. The second-order valence-corrected chi connectivity index (χ2v) is 4.22. The SMILES string of the molecule is CCOc1ccccc1C(=O)C(N)c1cnn(C)c1. The van der Waals surface area contributed by atoms with Gasteiger partial charge >= 0.3 is 0 Å². The van der Waals surface area contributed by atoms with E-state index in [2.05, 4.69) is 5.10 Å². The number of carbonyl (C=O) groups is 1. The lowest BCUT2D eigenvalue weighted by molar-refractivity contribution is 0.0957. The van der Waals surface area contributed by atoms with Gasteiger partial charge < -0.3 is 10.5 Å². The number of aromatic nitrogens is 2. The number of rotatable bonds is 5. The molecule has 0 bridgehead atoms. The fourth-order valence-corrected chi connectivity index (χ4v) is 1.87. The Labute approximate surface area is 112 Å². The summed E-state index contributed by atoms with van der Waals surface area (Å²) in [6.45, 7) is 2.38. The van der Waals surface area contributed by atoms with Gasteiger partial charge in [0.05, 0.1) is 24.4 Å². The molecule has 100 valence electrons. The minimum atomic E-state index is -0.727. The third-order valence-corrected chi connectivity index (χ3v) is 2.82. The Kier molecular flexibility index (Phi) is 3.97. The van der Waals surface area contributed by atoms with Crippen LogP contribution in [0.25, 0.3) is 0 Å². The summed E-state index contributed by atoms with van der Waals surface area (Å²) < 4.78 is 7.07. The zero-order chi connectivity index (χ0) is 13.8. The summed E-state index contributed by atoms with van der Waals surface area (Å²) in [5.74, 6) is 0.395. The van der Waals surface area contributed by atoms with Crippen LogP contribution in [0.5, 0.6) is 5.75 Å². The maximum atomic E-state index is 12.4. The third kappa shape index (κ3) is 2.82.